The molecule has 3 aromatic rings. The number of benzene rings is 1. The van der Waals surface area contributed by atoms with Crippen LogP contribution in [0.15, 0.2) is 52.5 Å². The minimum atomic E-state index is -0.569. The molecule has 0 N–H and O–H groups in total. The Balaban J connectivity index is 1.75. The SMILES string of the molecule is CSc1ncc2cc(N3CCN(C(=O)OC(C)(C)C)CC3c3ccccc3)c(=O)n(C)c2n1. The van der Waals surface area contributed by atoms with Gasteiger partial charge in [-0.15, -0.1) is 0 Å². The lowest BCUT2D eigenvalue weighted by molar-refractivity contribution is 0.0214. The number of carbonyl (C=O) groups excluding carboxylic acids is 1. The molecule has 0 bridgehead atoms. The summed E-state index contributed by atoms with van der Waals surface area (Å²) < 4.78 is 7.19. The number of carbonyl (C=O) groups is 1. The number of rotatable bonds is 3. The Morgan fingerprint density at radius 1 is 1.18 bits per heavy atom. The number of nitrogens with zero attached hydrogens (tertiary/aromatic N) is 5. The summed E-state index contributed by atoms with van der Waals surface area (Å²) in [5.74, 6) is 0. The fourth-order valence-electron chi connectivity index (χ4n) is 4.04. The van der Waals surface area contributed by atoms with Crippen molar-refractivity contribution in [3.63, 3.8) is 0 Å². The van der Waals surface area contributed by atoms with Crippen molar-refractivity contribution in [1.29, 1.82) is 0 Å². The van der Waals surface area contributed by atoms with Crippen molar-refractivity contribution < 1.29 is 9.53 Å². The minimum Gasteiger partial charge on any atom is -0.444 e. The molecule has 1 saturated heterocycles. The van der Waals surface area contributed by atoms with Gasteiger partial charge < -0.3 is 14.5 Å². The molecule has 1 aliphatic heterocycles. The maximum atomic E-state index is 13.4. The number of thioether (sulfide) groups is 1. The molecule has 0 aliphatic carbocycles. The molecule has 0 spiro atoms. The van der Waals surface area contributed by atoms with Crippen molar-refractivity contribution >= 4 is 34.6 Å². The predicted molar refractivity (Wildman–Crippen MR) is 131 cm³/mol. The van der Waals surface area contributed by atoms with Gasteiger partial charge in [0.2, 0.25) is 0 Å². The zero-order valence-corrected chi connectivity index (χ0v) is 20.4. The van der Waals surface area contributed by atoms with Crippen molar-refractivity contribution in [2.45, 2.75) is 37.6 Å². The van der Waals surface area contributed by atoms with Crippen LogP contribution in [0.1, 0.15) is 32.4 Å². The third-order valence-electron chi connectivity index (χ3n) is 5.62. The van der Waals surface area contributed by atoms with Crippen LogP contribution < -0.4 is 10.5 Å². The summed E-state index contributed by atoms with van der Waals surface area (Å²) in [7, 11) is 1.74. The van der Waals surface area contributed by atoms with Crippen LogP contribution >= 0.6 is 11.8 Å². The number of hydrogen-bond acceptors (Lipinski definition) is 7. The topological polar surface area (TPSA) is 80.6 Å². The first-order valence-corrected chi connectivity index (χ1v) is 12.1. The Kier molecular flexibility index (Phi) is 6.34. The number of aryl methyl sites for hydroxylation is 1. The van der Waals surface area contributed by atoms with E-state index >= 15 is 0 Å². The lowest BCUT2D eigenvalue weighted by Gasteiger charge is -2.42. The molecule has 1 atom stereocenters. The second kappa shape index (κ2) is 9.05. The Hall–Kier alpha value is -3.07. The maximum absolute atomic E-state index is 13.4. The summed E-state index contributed by atoms with van der Waals surface area (Å²) in [6, 6.07) is 11.6. The van der Waals surface area contributed by atoms with Crippen LogP contribution in [-0.4, -0.2) is 57.0 Å². The van der Waals surface area contributed by atoms with Crippen LogP contribution in [0.25, 0.3) is 11.0 Å². The number of aromatic nitrogens is 3. The average Bonchev–Trinajstić information content (AvgIpc) is 2.80. The summed E-state index contributed by atoms with van der Waals surface area (Å²) >= 11 is 1.44. The zero-order chi connectivity index (χ0) is 23.8. The fraction of sp³-hybridized carbons (Fsp3) is 0.417. The highest BCUT2D eigenvalue weighted by Crippen LogP contribution is 2.31. The summed E-state index contributed by atoms with van der Waals surface area (Å²) in [4.78, 5) is 38.9. The molecular weight excluding hydrogens is 438 g/mol. The molecule has 2 aromatic heterocycles. The molecule has 1 aliphatic rings. The molecule has 9 heteroatoms. The molecule has 174 valence electrons. The lowest BCUT2D eigenvalue weighted by atomic mass is 10.0. The smallest absolute Gasteiger partial charge is 0.410 e. The second-order valence-electron chi connectivity index (χ2n) is 9.08. The quantitative estimate of drug-likeness (QED) is 0.428. The highest BCUT2D eigenvalue weighted by atomic mass is 32.2. The summed E-state index contributed by atoms with van der Waals surface area (Å²) in [6.45, 7) is 6.96. The van der Waals surface area contributed by atoms with Gasteiger partial charge in [-0.2, -0.15) is 0 Å². The van der Waals surface area contributed by atoms with E-state index in [1.54, 1.807) is 22.7 Å². The fourth-order valence-corrected chi connectivity index (χ4v) is 4.38. The molecular formula is C24H29N5O3S. The number of amides is 1. The number of ether oxygens (including phenoxy) is 1. The first-order valence-electron chi connectivity index (χ1n) is 10.9. The van der Waals surface area contributed by atoms with E-state index < -0.39 is 5.60 Å². The zero-order valence-electron chi connectivity index (χ0n) is 19.6. The standard InChI is InChI=1S/C24H29N5O3S/c1-24(2,3)32-23(31)28-11-12-29(19(15-28)16-9-7-6-8-10-16)18-13-17-14-25-22(33-5)26-20(17)27(4)21(18)30/h6-10,13-14,19H,11-12,15H2,1-5H3. The Morgan fingerprint density at radius 3 is 2.58 bits per heavy atom. The normalized spacial score (nSPS) is 16.8. The van der Waals surface area contributed by atoms with Crippen molar-refractivity contribution in [3.05, 3.63) is 58.5 Å². The van der Waals surface area contributed by atoms with Crippen LogP contribution in [0.5, 0.6) is 0 Å². The minimum absolute atomic E-state index is 0.125. The molecule has 0 radical (unpaired) electrons. The lowest BCUT2D eigenvalue weighted by Crippen LogP contribution is -2.52. The van der Waals surface area contributed by atoms with Crippen LogP contribution in [0.4, 0.5) is 10.5 Å². The first-order chi connectivity index (χ1) is 15.7. The van der Waals surface area contributed by atoms with Crippen molar-refractivity contribution in [3.8, 4) is 0 Å². The Bertz CT molecular complexity index is 1220. The van der Waals surface area contributed by atoms with E-state index in [0.717, 1.165) is 10.9 Å². The van der Waals surface area contributed by atoms with Crippen molar-refractivity contribution in [1.82, 2.24) is 19.4 Å². The van der Waals surface area contributed by atoms with Crippen molar-refractivity contribution in [2.75, 3.05) is 30.8 Å². The Labute approximate surface area is 197 Å². The molecule has 0 saturated carbocycles. The summed E-state index contributed by atoms with van der Waals surface area (Å²) in [5.41, 5.74) is 1.51. The van der Waals surface area contributed by atoms with E-state index in [9.17, 15) is 9.59 Å². The molecule has 3 heterocycles. The van der Waals surface area contributed by atoms with E-state index in [-0.39, 0.29) is 17.7 Å². The van der Waals surface area contributed by atoms with Gasteiger partial charge in [0.05, 0.1) is 6.04 Å². The first kappa shape index (κ1) is 23.1. The summed E-state index contributed by atoms with van der Waals surface area (Å²) in [6.07, 6.45) is 3.32. The van der Waals surface area contributed by atoms with Gasteiger partial charge in [0.15, 0.2) is 5.16 Å². The van der Waals surface area contributed by atoms with E-state index in [1.807, 2.05) is 63.4 Å². The van der Waals surface area contributed by atoms with E-state index in [2.05, 4.69) is 14.9 Å². The van der Waals surface area contributed by atoms with Gasteiger partial charge in [-0.05, 0) is 38.7 Å². The largest absolute Gasteiger partial charge is 0.444 e. The number of piperazine rings is 1. The van der Waals surface area contributed by atoms with Gasteiger partial charge >= 0.3 is 6.09 Å². The molecule has 8 nitrogen and oxygen atoms in total. The van der Waals surface area contributed by atoms with Crippen LogP contribution in [0, 0.1) is 0 Å². The van der Waals surface area contributed by atoms with E-state index in [0.29, 0.717) is 36.1 Å². The van der Waals surface area contributed by atoms with Crippen LogP contribution in [-0.2, 0) is 11.8 Å². The molecule has 1 unspecified atom stereocenters. The highest BCUT2D eigenvalue weighted by molar-refractivity contribution is 7.98. The number of hydrogen-bond donors (Lipinski definition) is 0. The third kappa shape index (κ3) is 4.83. The van der Waals surface area contributed by atoms with Gasteiger partial charge in [-0.25, -0.2) is 14.8 Å². The van der Waals surface area contributed by atoms with Gasteiger partial charge in [0.25, 0.3) is 5.56 Å². The molecule has 1 aromatic carbocycles. The number of fused-ring (bicyclic) bond motifs is 1. The monoisotopic (exact) mass is 467 g/mol. The molecule has 4 rings (SSSR count). The van der Waals surface area contributed by atoms with E-state index in [1.165, 1.54) is 11.8 Å². The second-order valence-corrected chi connectivity index (χ2v) is 9.85. The van der Waals surface area contributed by atoms with Crippen LogP contribution in [0.2, 0.25) is 0 Å². The van der Waals surface area contributed by atoms with E-state index in [4.69, 9.17) is 4.74 Å². The van der Waals surface area contributed by atoms with Gasteiger partial charge in [-0.3, -0.25) is 9.36 Å². The highest BCUT2D eigenvalue weighted by Gasteiger charge is 2.34. The van der Waals surface area contributed by atoms with Crippen LogP contribution in [0.3, 0.4) is 0 Å². The predicted octanol–water partition coefficient (Wildman–Crippen LogP) is 3.85. The van der Waals surface area contributed by atoms with Gasteiger partial charge in [0.1, 0.15) is 16.9 Å². The third-order valence-corrected chi connectivity index (χ3v) is 6.18. The molecule has 33 heavy (non-hydrogen) atoms. The number of anilines is 1. The maximum Gasteiger partial charge on any atom is 0.410 e. The number of pyridine rings is 1. The van der Waals surface area contributed by atoms with Gasteiger partial charge in [-0.1, -0.05) is 42.1 Å². The van der Waals surface area contributed by atoms with Crippen molar-refractivity contribution in [2.24, 2.45) is 7.05 Å². The molecule has 1 amide bonds. The average molecular weight is 468 g/mol. The van der Waals surface area contributed by atoms with Gasteiger partial charge in [0, 0.05) is 38.3 Å². The summed E-state index contributed by atoms with van der Waals surface area (Å²) in [5, 5.41) is 1.42. The Morgan fingerprint density at radius 2 is 1.91 bits per heavy atom. The molecule has 1 fully saturated rings.